The van der Waals surface area contributed by atoms with Crippen LogP contribution in [0.1, 0.15) is 31.9 Å². The lowest BCUT2D eigenvalue weighted by atomic mass is 10.0. The van der Waals surface area contributed by atoms with Gasteiger partial charge in [-0.25, -0.2) is 4.79 Å². The standard InChI is InChI=1S/C18H29N3O3/c1-4-14(2)20-18(22)19-13-16(21-9-11-24-12-10-21)15-7-5-6-8-17(15)23-3/h5-8,14,16H,4,9-13H2,1-3H3,(H2,19,20,22). The second kappa shape index (κ2) is 9.49. The number of morpholine rings is 1. The van der Waals surface area contributed by atoms with E-state index in [1.165, 1.54) is 0 Å². The van der Waals surface area contributed by atoms with Crippen molar-refractivity contribution < 1.29 is 14.3 Å². The van der Waals surface area contributed by atoms with Crippen LogP contribution in [-0.4, -0.2) is 56.9 Å². The first-order valence-electron chi connectivity index (χ1n) is 8.64. The summed E-state index contributed by atoms with van der Waals surface area (Å²) in [7, 11) is 1.68. The Morgan fingerprint density at radius 1 is 1.33 bits per heavy atom. The molecule has 0 radical (unpaired) electrons. The third-order valence-electron chi connectivity index (χ3n) is 4.43. The van der Waals surface area contributed by atoms with Crippen molar-refractivity contribution in [3.63, 3.8) is 0 Å². The van der Waals surface area contributed by atoms with Crippen molar-refractivity contribution in [2.75, 3.05) is 40.0 Å². The molecule has 1 saturated heterocycles. The van der Waals surface area contributed by atoms with Crippen molar-refractivity contribution in [1.82, 2.24) is 15.5 Å². The number of para-hydroxylation sites is 1. The van der Waals surface area contributed by atoms with E-state index in [9.17, 15) is 4.79 Å². The van der Waals surface area contributed by atoms with Crippen LogP contribution in [-0.2, 0) is 4.74 Å². The number of rotatable bonds is 7. The van der Waals surface area contributed by atoms with E-state index in [-0.39, 0.29) is 18.1 Å². The Morgan fingerprint density at radius 3 is 2.71 bits per heavy atom. The molecule has 0 aliphatic carbocycles. The van der Waals surface area contributed by atoms with Crippen molar-refractivity contribution in [2.24, 2.45) is 0 Å². The molecule has 1 aromatic rings. The monoisotopic (exact) mass is 335 g/mol. The first-order valence-corrected chi connectivity index (χ1v) is 8.64. The molecule has 2 N–H and O–H groups in total. The lowest BCUT2D eigenvalue weighted by molar-refractivity contribution is 0.0162. The smallest absolute Gasteiger partial charge is 0.315 e. The van der Waals surface area contributed by atoms with Crippen molar-refractivity contribution >= 4 is 6.03 Å². The molecule has 24 heavy (non-hydrogen) atoms. The van der Waals surface area contributed by atoms with Gasteiger partial charge in [-0.2, -0.15) is 0 Å². The Kier molecular flexibility index (Phi) is 7.34. The average molecular weight is 335 g/mol. The van der Waals surface area contributed by atoms with Crippen LogP contribution in [0.2, 0.25) is 0 Å². The highest BCUT2D eigenvalue weighted by Crippen LogP contribution is 2.29. The molecule has 0 spiro atoms. The largest absolute Gasteiger partial charge is 0.496 e. The summed E-state index contributed by atoms with van der Waals surface area (Å²) < 4.78 is 11.0. The fraction of sp³-hybridized carbons (Fsp3) is 0.611. The third-order valence-corrected chi connectivity index (χ3v) is 4.43. The van der Waals surface area contributed by atoms with Gasteiger partial charge in [-0.05, 0) is 19.4 Å². The number of carbonyl (C=O) groups is 1. The van der Waals surface area contributed by atoms with E-state index in [4.69, 9.17) is 9.47 Å². The molecule has 1 aliphatic rings. The highest BCUT2D eigenvalue weighted by Gasteiger charge is 2.25. The summed E-state index contributed by atoms with van der Waals surface area (Å²) in [4.78, 5) is 14.4. The Labute approximate surface area is 144 Å². The number of carbonyl (C=O) groups excluding carboxylic acids is 1. The Bertz CT molecular complexity index is 518. The van der Waals surface area contributed by atoms with E-state index in [1.54, 1.807) is 7.11 Å². The van der Waals surface area contributed by atoms with Crippen LogP contribution in [0.25, 0.3) is 0 Å². The molecule has 0 aromatic heterocycles. The van der Waals surface area contributed by atoms with Crippen molar-refractivity contribution in [3.05, 3.63) is 29.8 Å². The lowest BCUT2D eigenvalue weighted by Crippen LogP contribution is -2.47. The molecule has 134 valence electrons. The number of hydrogen-bond acceptors (Lipinski definition) is 4. The van der Waals surface area contributed by atoms with Gasteiger partial charge in [0.25, 0.3) is 0 Å². The number of ether oxygens (including phenoxy) is 2. The summed E-state index contributed by atoms with van der Waals surface area (Å²) in [6.07, 6.45) is 0.910. The van der Waals surface area contributed by atoms with Crippen molar-refractivity contribution in [3.8, 4) is 5.75 Å². The third kappa shape index (κ3) is 5.11. The number of nitrogens with one attached hydrogen (secondary N) is 2. The van der Waals surface area contributed by atoms with Gasteiger partial charge in [0.2, 0.25) is 0 Å². The van der Waals surface area contributed by atoms with Gasteiger partial charge in [-0.1, -0.05) is 25.1 Å². The average Bonchev–Trinajstić information content (AvgIpc) is 2.63. The highest BCUT2D eigenvalue weighted by atomic mass is 16.5. The van der Waals surface area contributed by atoms with E-state index < -0.39 is 0 Å². The van der Waals surface area contributed by atoms with Gasteiger partial charge in [-0.3, -0.25) is 4.90 Å². The summed E-state index contributed by atoms with van der Waals surface area (Å²) in [5.74, 6) is 0.845. The first kappa shape index (κ1) is 18.5. The molecule has 1 fully saturated rings. The fourth-order valence-corrected chi connectivity index (χ4v) is 2.83. The first-order chi connectivity index (χ1) is 11.7. The quantitative estimate of drug-likeness (QED) is 0.802. The number of urea groups is 1. The summed E-state index contributed by atoms with van der Waals surface area (Å²) >= 11 is 0. The molecule has 0 saturated carbocycles. The van der Waals surface area contributed by atoms with Crippen LogP contribution in [0.15, 0.2) is 24.3 Å². The number of benzene rings is 1. The predicted molar refractivity (Wildman–Crippen MR) is 94.4 cm³/mol. The minimum Gasteiger partial charge on any atom is -0.496 e. The molecule has 1 aliphatic heterocycles. The Hall–Kier alpha value is -1.79. The topological polar surface area (TPSA) is 62.8 Å². The van der Waals surface area contributed by atoms with Crippen LogP contribution in [0.3, 0.4) is 0 Å². The van der Waals surface area contributed by atoms with E-state index in [0.29, 0.717) is 19.8 Å². The maximum atomic E-state index is 12.1. The van der Waals surface area contributed by atoms with Crippen molar-refractivity contribution in [1.29, 1.82) is 0 Å². The zero-order valence-corrected chi connectivity index (χ0v) is 14.9. The summed E-state index contributed by atoms with van der Waals surface area (Å²) in [5.41, 5.74) is 1.09. The van der Waals surface area contributed by atoms with Gasteiger partial charge in [0, 0.05) is 31.2 Å². The van der Waals surface area contributed by atoms with E-state index in [0.717, 1.165) is 30.8 Å². The molecule has 1 heterocycles. The maximum absolute atomic E-state index is 12.1. The Morgan fingerprint density at radius 2 is 2.04 bits per heavy atom. The number of amides is 2. The van der Waals surface area contributed by atoms with Crippen LogP contribution in [0, 0.1) is 0 Å². The highest BCUT2D eigenvalue weighted by molar-refractivity contribution is 5.74. The molecule has 1 aromatic carbocycles. The van der Waals surface area contributed by atoms with Crippen LogP contribution < -0.4 is 15.4 Å². The fourth-order valence-electron chi connectivity index (χ4n) is 2.83. The van der Waals surface area contributed by atoms with Crippen molar-refractivity contribution in [2.45, 2.75) is 32.4 Å². The zero-order chi connectivity index (χ0) is 17.4. The van der Waals surface area contributed by atoms with Gasteiger partial charge in [-0.15, -0.1) is 0 Å². The van der Waals surface area contributed by atoms with Crippen LogP contribution >= 0.6 is 0 Å². The van der Waals surface area contributed by atoms with Crippen LogP contribution in [0.5, 0.6) is 5.75 Å². The SMILES string of the molecule is CCC(C)NC(=O)NCC(c1ccccc1OC)N1CCOCC1. The molecule has 0 bridgehead atoms. The molecule has 2 amide bonds. The minimum absolute atomic E-state index is 0.0627. The summed E-state index contributed by atoms with van der Waals surface area (Å²) in [6.45, 7) is 7.70. The van der Waals surface area contributed by atoms with Gasteiger partial charge in [0.1, 0.15) is 5.75 Å². The van der Waals surface area contributed by atoms with E-state index in [1.807, 2.05) is 25.1 Å². The second-order valence-corrected chi connectivity index (χ2v) is 6.07. The maximum Gasteiger partial charge on any atom is 0.315 e. The van der Waals surface area contributed by atoms with E-state index >= 15 is 0 Å². The van der Waals surface area contributed by atoms with Gasteiger partial charge in [0.15, 0.2) is 0 Å². The predicted octanol–water partition coefficient (Wildman–Crippen LogP) is 2.17. The number of nitrogens with zero attached hydrogens (tertiary/aromatic N) is 1. The van der Waals surface area contributed by atoms with Gasteiger partial charge in [0.05, 0.1) is 26.4 Å². The molecule has 6 heteroatoms. The summed E-state index contributed by atoms with van der Waals surface area (Å²) in [5, 5.41) is 5.95. The number of methoxy groups -OCH3 is 1. The van der Waals surface area contributed by atoms with Crippen LogP contribution in [0.4, 0.5) is 4.79 Å². The molecule has 6 nitrogen and oxygen atoms in total. The molecule has 2 rings (SSSR count). The van der Waals surface area contributed by atoms with E-state index in [2.05, 4.69) is 28.5 Å². The zero-order valence-electron chi connectivity index (χ0n) is 14.9. The molecular weight excluding hydrogens is 306 g/mol. The van der Waals surface area contributed by atoms with Gasteiger partial charge < -0.3 is 20.1 Å². The Balaban J connectivity index is 2.09. The number of hydrogen-bond donors (Lipinski definition) is 2. The minimum atomic E-state index is -0.127. The second-order valence-electron chi connectivity index (χ2n) is 6.07. The summed E-state index contributed by atoms with van der Waals surface area (Å²) in [6, 6.07) is 8.09. The van der Waals surface area contributed by atoms with Gasteiger partial charge >= 0.3 is 6.03 Å². The normalized spacial score (nSPS) is 17.8. The lowest BCUT2D eigenvalue weighted by Gasteiger charge is -2.35. The molecule has 2 atom stereocenters. The molecular formula is C18H29N3O3. The molecule has 2 unspecified atom stereocenters.